The first-order valence-electron chi connectivity index (χ1n) is 7.95. The van der Waals surface area contributed by atoms with Gasteiger partial charge in [0.1, 0.15) is 0 Å². The number of aromatic nitrogens is 4. The Morgan fingerprint density at radius 1 is 1.17 bits per heavy atom. The van der Waals surface area contributed by atoms with E-state index in [-0.39, 0.29) is 0 Å². The molecule has 1 N–H and O–H groups in total. The molecule has 0 saturated heterocycles. The van der Waals surface area contributed by atoms with E-state index < -0.39 is 0 Å². The Morgan fingerprint density at radius 3 is 2.57 bits per heavy atom. The molecule has 23 heavy (non-hydrogen) atoms. The van der Waals surface area contributed by atoms with Crippen LogP contribution in [0.5, 0.6) is 0 Å². The molecule has 3 aromatic rings. The van der Waals surface area contributed by atoms with Gasteiger partial charge >= 0.3 is 0 Å². The van der Waals surface area contributed by atoms with Gasteiger partial charge < -0.3 is 9.88 Å². The Hall–Kier alpha value is -2.40. The van der Waals surface area contributed by atoms with Crippen molar-refractivity contribution in [3.63, 3.8) is 0 Å². The fourth-order valence-electron chi connectivity index (χ4n) is 2.53. The summed E-state index contributed by atoms with van der Waals surface area (Å²) in [6, 6.07) is 9.18. The number of benzene rings is 1. The summed E-state index contributed by atoms with van der Waals surface area (Å²) in [5, 5.41) is 7.98. The maximum absolute atomic E-state index is 4.40. The number of imidazole rings is 1. The second kappa shape index (κ2) is 6.79. The number of nitrogens with one attached hydrogen (secondary N) is 1. The van der Waals surface area contributed by atoms with E-state index in [9.17, 15) is 0 Å². The zero-order valence-electron chi connectivity index (χ0n) is 13.8. The maximum atomic E-state index is 4.40. The molecule has 2 heterocycles. The van der Waals surface area contributed by atoms with Crippen molar-refractivity contribution in [2.24, 2.45) is 0 Å². The van der Waals surface area contributed by atoms with Crippen molar-refractivity contribution in [2.75, 3.05) is 0 Å². The minimum Gasteiger partial charge on any atom is -0.308 e. The molecule has 1 aromatic carbocycles. The van der Waals surface area contributed by atoms with Gasteiger partial charge in [0.2, 0.25) is 0 Å². The Balaban J connectivity index is 1.57. The lowest BCUT2D eigenvalue weighted by molar-refractivity contribution is 0.365. The number of nitrogens with zero attached hydrogens (tertiary/aromatic N) is 4. The summed E-state index contributed by atoms with van der Waals surface area (Å²) in [4.78, 5) is 4.07. The first-order chi connectivity index (χ1) is 11.1. The second-order valence-corrected chi connectivity index (χ2v) is 6.04. The van der Waals surface area contributed by atoms with E-state index in [1.54, 1.807) is 6.20 Å². The third kappa shape index (κ3) is 3.68. The van der Waals surface area contributed by atoms with Crippen molar-refractivity contribution in [3.05, 3.63) is 66.5 Å². The summed E-state index contributed by atoms with van der Waals surface area (Å²) in [6.07, 6.45) is 9.53. The molecule has 5 nitrogen and oxygen atoms in total. The summed E-state index contributed by atoms with van der Waals surface area (Å²) in [6.45, 7) is 7.29. The summed E-state index contributed by atoms with van der Waals surface area (Å²) < 4.78 is 4.02. The SMILES string of the molecule is Cc1cnn([C@H](C)[C@@H](C)NCc2ccc(-n3ccnc3)cc2)c1. The van der Waals surface area contributed by atoms with Gasteiger partial charge in [0, 0.05) is 36.9 Å². The molecule has 0 unspecified atom stereocenters. The largest absolute Gasteiger partial charge is 0.308 e. The Labute approximate surface area is 137 Å². The van der Waals surface area contributed by atoms with Crippen LogP contribution in [0.3, 0.4) is 0 Å². The lowest BCUT2D eigenvalue weighted by Gasteiger charge is -2.22. The van der Waals surface area contributed by atoms with E-state index in [0.29, 0.717) is 12.1 Å². The van der Waals surface area contributed by atoms with Crippen LogP contribution in [-0.2, 0) is 6.54 Å². The van der Waals surface area contributed by atoms with Crippen LogP contribution in [0.15, 0.2) is 55.4 Å². The highest BCUT2D eigenvalue weighted by Gasteiger charge is 2.14. The Morgan fingerprint density at radius 2 is 1.96 bits per heavy atom. The van der Waals surface area contributed by atoms with Crippen LogP contribution < -0.4 is 5.32 Å². The van der Waals surface area contributed by atoms with Crippen LogP contribution in [-0.4, -0.2) is 25.4 Å². The summed E-state index contributed by atoms with van der Waals surface area (Å²) >= 11 is 0. The zero-order chi connectivity index (χ0) is 16.2. The molecule has 0 amide bonds. The minimum atomic E-state index is 0.314. The topological polar surface area (TPSA) is 47.7 Å². The first-order valence-corrected chi connectivity index (χ1v) is 7.95. The molecule has 2 atom stereocenters. The number of aryl methyl sites for hydroxylation is 1. The van der Waals surface area contributed by atoms with Gasteiger partial charge in [-0.2, -0.15) is 5.10 Å². The average molecular weight is 309 g/mol. The molecule has 0 aliphatic heterocycles. The highest BCUT2D eigenvalue weighted by atomic mass is 15.3. The molecule has 2 aromatic heterocycles. The van der Waals surface area contributed by atoms with E-state index in [1.165, 1.54) is 11.1 Å². The minimum absolute atomic E-state index is 0.314. The van der Waals surface area contributed by atoms with Crippen LogP contribution in [0.25, 0.3) is 5.69 Å². The standard InChI is InChI=1S/C18H23N5/c1-14-10-21-23(12-14)16(3)15(2)20-11-17-4-6-18(7-5-17)22-9-8-19-13-22/h4-10,12-13,15-16,20H,11H2,1-3H3/t15-,16-/m1/s1. The van der Waals surface area contributed by atoms with E-state index in [1.807, 2.05) is 28.0 Å². The molecule has 120 valence electrons. The van der Waals surface area contributed by atoms with Crippen LogP contribution in [0.1, 0.15) is 31.0 Å². The number of hydrogen-bond donors (Lipinski definition) is 1. The molecule has 0 fully saturated rings. The van der Waals surface area contributed by atoms with Crippen molar-refractivity contribution in [3.8, 4) is 5.69 Å². The second-order valence-electron chi connectivity index (χ2n) is 6.04. The van der Waals surface area contributed by atoms with Gasteiger partial charge in [-0.1, -0.05) is 12.1 Å². The third-order valence-corrected chi connectivity index (χ3v) is 4.24. The van der Waals surface area contributed by atoms with E-state index in [0.717, 1.165) is 12.2 Å². The van der Waals surface area contributed by atoms with Crippen molar-refractivity contribution >= 4 is 0 Å². The van der Waals surface area contributed by atoms with Crippen LogP contribution in [0.4, 0.5) is 0 Å². The van der Waals surface area contributed by atoms with Gasteiger partial charge in [-0.15, -0.1) is 0 Å². The number of rotatable bonds is 6. The van der Waals surface area contributed by atoms with Crippen LogP contribution in [0.2, 0.25) is 0 Å². The van der Waals surface area contributed by atoms with E-state index in [2.05, 4.69) is 66.6 Å². The number of hydrogen-bond acceptors (Lipinski definition) is 3. The normalized spacial score (nSPS) is 13.9. The fourth-order valence-corrected chi connectivity index (χ4v) is 2.53. The van der Waals surface area contributed by atoms with E-state index >= 15 is 0 Å². The summed E-state index contributed by atoms with van der Waals surface area (Å²) in [7, 11) is 0. The molecule has 0 aliphatic rings. The molecule has 0 saturated carbocycles. The highest BCUT2D eigenvalue weighted by molar-refractivity contribution is 5.34. The van der Waals surface area contributed by atoms with Gasteiger partial charge in [-0.3, -0.25) is 4.68 Å². The van der Waals surface area contributed by atoms with E-state index in [4.69, 9.17) is 0 Å². The maximum Gasteiger partial charge on any atom is 0.0991 e. The fraction of sp³-hybridized carbons (Fsp3) is 0.333. The highest BCUT2D eigenvalue weighted by Crippen LogP contribution is 2.13. The molecule has 0 radical (unpaired) electrons. The van der Waals surface area contributed by atoms with Gasteiger partial charge in [-0.05, 0) is 44.0 Å². The Kier molecular flexibility index (Phi) is 4.57. The predicted molar refractivity (Wildman–Crippen MR) is 91.5 cm³/mol. The quantitative estimate of drug-likeness (QED) is 0.761. The van der Waals surface area contributed by atoms with Crippen LogP contribution >= 0.6 is 0 Å². The van der Waals surface area contributed by atoms with Gasteiger partial charge in [0.05, 0.1) is 18.6 Å². The molecule has 3 rings (SSSR count). The average Bonchev–Trinajstić information content (AvgIpc) is 3.24. The van der Waals surface area contributed by atoms with Crippen molar-refractivity contribution < 1.29 is 0 Å². The third-order valence-electron chi connectivity index (χ3n) is 4.24. The monoisotopic (exact) mass is 309 g/mol. The van der Waals surface area contributed by atoms with Crippen molar-refractivity contribution in [2.45, 2.75) is 39.4 Å². The summed E-state index contributed by atoms with van der Waals surface area (Å²) in [5.41, 5.74) is 3.59. The van der Waals surface area contributed by atoms with Crippen molar-refractivity contribution in [1.29, 1.82) is 0 Å². The molecule has 0 spiro atoms. The van der Waals surface area contributed by atoms with Gasteiger partial charge in [0.15, 0.2) is 0 Å². The first kappa shape index (κ1) is 15.5. The van der Waals surface area contributed by atoms with Crippen molar-refractivity contribution in [1.82, 2.24) is 24.6 Å². The molecular formula is C18H23N5. The smallest absolute Gasteiger partial charge is 0.0991 e. The van der Waals surface area contributed by atoms with Gasteiger partial charge in [0.25, 0.3) is 0 Å². The van der Waals surface area contributed by atoms with Gasteiger partial charge in [-0.25, -0.2) is 4.98 Å². The lowest BCUT2D eigenvalue weighted by atomic mass is 10.1. The molecule has 0 aliphatic carbocycles. The molecular weight excluding hydrogens is 286 g/mol. The van der Waals surface area contributed by atoms with Crippen LogP contribution in [0, 0.1) is 6.92 Å². The molecule has 5 heteroatoms. The Bertz CT molecular complexity index is 727. The molecule has 0 bridgehead atoms. The zero-order valence-corrected chi connectivity index (χ0v) is 13.8. The predicted octanol–water partition coefficient (Wildman–Crippen LogP) is 3.12. The summed E-state index contributed by atoms with van der Waals surface area (Å²) in [5.74, 6) is 0. The lowest BCUT2D eigenvalue weighted by Crippen LogP contribution is -2.33.